The molecule has 0 aliphatic heterocycles. The Kier molecular flexibility index (Phi) is 4.96. The number of nitrogen functional groups attached to an aromatic ring is 1. The van der Waals surface area contributed by atoms with Gasteiger partial charge in [0.25, 0.3) is 11.6 Å². The number of nitrogens with two attached hydrogens (primary N) is 1. The van der Waals surface area contributed by atoms with Gasteiger partial charge in [0.2, 0.25) is 0 Å². The topological polar surface area (TPSA) is 89.5 Å². The summed E-state index contributed by atoms with van der Waals surface area (Å²) in [7, 11) is 1.32. The van der Waals surface area contributed by atoms with Crippen LogP contribution in [0.1, 0.15) is 21.5 Å². The zero-order valence-corrected chi connectivity index (χ0v) is 13.1. The summed E-state index contributed by atoms with van der Waals surface area (Å²) >= 11 is 0. The van der Waals surface area contributed by atoms with E-state index in [-0.39, 0.29) is 23.4 Å². The smallest absolute Gasteiger partial charge is 0.393 e. The maximum absolute atomic E-state index is 13.0. The summed E-state index contributed by atoms with van der Waals surface area (Å²) < 4.78 is 39.1. The fourth-order valence-electron chi connectivity index (χ4n) is 2.32. The van der Waals surface area contributed by atoms with Crippen LogP contribution in [-0.2, 0) is 12.7 Å². The first-order chi connectivity index (χ1) is 11.6. The first-order valence-corrected chi connectivity index (χ1v) is 7.05. The van der Waals surface area contributed by atoms with Gasteiger partial charge in [-0.25, -0.2) is 0 Å². The summed E-state index contributed by atoms with van der Waals surface area (Å²) in [6.45, 7) is -0.299. The Labute approximate surface area is 140 Å². The molecule has 0 saturated heterocycles. The number of rotatable bonds is 4. The van der Waals surface area contributed by atoms with Gasteiger partial charge in [0, 0.05) is 25.2 Å². The lowest BCUT2D eigenvalue weighted by Crippen LogP contribution is -2.27. The molecule has 2 rings (SSSR count). The molecule has 0 aliphatic rings. The van der Waals surface area contributed by atoms with Crippen LogP contribution in [0.3, 0.4) is 0 Å². The molecule has 2 aromatic carbocycles. The highest BCUT2D eigenvalue weighted by Gasteiger charge is 2.33. The van der Waals surface area contributed by atoms with E-state index >= 15 is 0 Å². The average Bonchev–Trinajstić information content (AvgIpc) is 2.53. The Balaban J connectivity index is 2.28. The third kappa shape index (κ3) is 4.06. The number of amides is 1. The summed E-state index contributed by atoms with van der Waals surface area (Å²) in [4.78, 5) is 23.6. The minimum absolute atomic E-state index is 0.0344. The van der Waals surface area contributed by atoms with E-state index in [9.17, 15) is 28.1 Å². The van der Waals surface area contributed by atoms with E-state index in [0.717, 1.165) is 17.0 Å². The molecule has 0 bridgehead atoms. The number of hydrogen-bond donors (Lipinski definition) is 1. The van der Waals surface area contributed by atoms with Gasteiger partial charge in [0.05, 0.1) is 10.5 Å². The SMILES string of the molecule is CN(Cc1ccccc1C(F)(F)F)C(=O)c1ccc(N)c([N+](=O)[O-])c1. The molecule has 0 saturated carbocycles. The summed E-state index contributed by atoms with van der Waals surface area (Å²) in [5, 5.41) is 10.9. The van der Waals surface area contributed by atoms with E-state index < -0.39 is 28.3 Å². The van der Waals surface area contributed by atoms with Crippen molar-refractivity contribution in [3.63, 3.8) is 0 Å². The van der Waals surface area contributed by atoms with Gasteiger partial charge >= 0.3 is 6.18 Å². The number of nitro groups is 1. The third-order valence-corrected chi connectivity index (χ3v) is 3.55. The van der Waals surface area contributed by atoms with Crippen molar-refractivity contribution in [2.75, 3.05) is 12.8 Å². The van der Waals surface area contributed by atoms with Crippen molar-refractivity contribution < 1.29 is 22.9 Å². The monoisotopic (exact) mass is 353 g/mol. The number of nitro benzene ring substituents is 1. The zero-order valence-electron chi connectivity index (χ0n) is 13.1. The molecule has 9 heteroatoms. The lowest BCUT2D eigenvalue weighted by Gasteiger charge is -2.20. The van der Waals surface area contributed by atoms with Gasteiger partial charge in [-0.3, -0.25) is 14.9 Å². The predicted octanol–water partition coefficient (Wildman–Crippen LogP) is 3.47. The second-order valence-electron chi connectivity index (χ2n) is 5.35. The van der Waals surface area contributed by atoms with Crippen LogP contribution in [0.2, 0.25) is 0 Å². The molecule has 132 valence electrons. The Morgan fingerprint density at radius 3 is 2.48 bits per heavy atom. The Hall–Kier alpha value is -3.10. The molecular formula is C16H14F3N3O3. The van der Waals surface area contributed by atoms with Gasteiger partial charge in [-0.2, -0.15) is 13.2 Å². The fraction of sp³-hybridized carbons (Fsp3) is 0.188. The van der Waals surface area contributed by atoms with Crippen molar-refractivity contribution in [3.05, 3.63) is 69.3 Å². The van der Waals surface area contributed by atoms with E-state index in [0.29, 0.717) is 0 Å². The molecule has 25 heavy (non-hydrogen) atoms. The van der Waals surface area contributed by atoms with Crippen LogP contribution in [0.5, 0.6) is 0 Å². The molecule has 1 amide bonds. The number of carbonyl (C=O) groups excluding carboxylic acids is 1. The molecule has 0 radical (unpaired) electrons. The van der Waals surface area contributed by atoms with E-state index in [2.05, 4.69) is 0 Å². The molecule has 2 N–H and O–H groups in total. The minimum Gasteiger partial charge on any atom is -0.393 e. The maximum atomic E-state index is 13.0. The second-order valence-corrected chi connectivity index (χ2v) is 5.35. The van der Waals surface area contributed by atoms with Crippen molar-refractivity contribution in [2.45, 2.75) is 12.7 Å². The molecule has 0 heterocycles. The molecule has 6 nitrogen and oxygen atoms in total. The highest BCUT2D eigenvalue weighted by atomic mass is 19.4. The zero-order chi connectivity index (χ0) is 18.8. The number of anilines is 1. The number of hydrogen-bond acceptors (Lipinski definition) is 4. The first-order valence-electron chi connectivity index (χ1n) is 7.05. The van der Waals surface area contributed by atoms with Crippen LogP contribution >= 0.6 is 0 Å². The van der Waals surface area contributed by atoms with E-state index in [1.807, 2.05) is 0 Å². The van der Waals surface area contributed by atoms with Crippen molar-refractivity contribution in [3.8, 4) is 0 Å². The van der Waals surface area contributed by atoms with Crippen LogP contribution in [0.15, 0.2) is 42.5 Å². The van der Waals surface area contributed by atoms with Crippen molar-refractivity contribution in [1.82, 2.24) is 4.90 Å². The predicted molar refractivity (Wildman–Crippen MR) is 84.8 cm³/mol. The standard InChI is InChI=1S/C16H14F3N3O3/c1-21(9-11-4-2-3-5-12(11)16(17,18)19)15(23)10-6-7-13(20)14(8-10)22(24)25/h2-8H,9,20H2,1H3. The Morgan fingerprint density at radius 2 is 1.88 bits per heavy atom. The van der Waals surface area contributed by atoms with E-state index in [1.165, 1.54) is 37.4 Å². The fourth-order valence-corrected chi connectivity index (χ4v) is 2.32. The van der Waals surface area contributed by atoms with E-state index in [4.69, 9.17) is 5.73 Å². The molecule has 0 aromatic heterocycles. The van der Waals surface area contributed by atoms with E-state index in [1.54, 1.807) is 0 Å². The summed E-state index contributed by atoms with van der Waals surface area (Å²) in [5.74, 6) is -0.653. The quantitative estimate of drug-likeness (QED) is 0.518. The molecule has 0 aliphatic carbocycles. The summed E-state index contributed by atoms with van der Waals surface area (Å²) in [5.41, 5.74) is 3.98. The lowest BCUT2D eigenvalue weighted by atomic mass is 10.1. The Morgan fingerprint density at radius 1 is 1.24 bits per heavy atom. The molecular weight excluding hydrogens is 339 g/mol. The summed E-state index contributed by atoms with van der Waals surface area (Å²) in [6, 6.07) is 8.41. The third-order valence-electron chi connectivity index (χ3n) is 3.55. The largest absolute Gasteiger partial charge is 0.416 e. The van der Waals surface area contributed by atoms with Gasteiger partial charge in [-0.05, 0) is 23.8 Å². The Bertz CT molecular complexity index is 822. The highest BCUT2D eigenvalue weighted by Crippen LogP contribution is 2.32. The van der Waals surface area contributed by atoms with Gasteiger partial charge in [-0.15, -0.1) is 0 Å². The number of nitrogens with zero attached hydrogens (tertiary/aromatic N) is 2. The highest BCUT2D eigenvalue weighted by molar-refractivity contribution is 5.95. The van der Waals surface area contributed by atoms with Gasteiger partial charge in [0.1, 0.15) is 5.69 Å². The van der Waals surface area contributed by atoms with Gasteiger partial charge in [-0.1, -0.05) is 18.2 Å². The number of benzene rings is 2. The normalized spacial score (nSPS) is 11.2. The van der Waals surface area contributed by atoms with Crippen LogP contribution < -0.4 is 5.73 Å². The maximum Gasteiger partial charge on any atom is 0.416 e. The van der Waals surface area contributed by atoms with Crippen LogP contribution in [0, 0.1) is 10.1 Å². The molecule has 2 aromatic rings. The molecule has 0 unspecified atom stereocenters. The molecule has 0 fully saturated rings. The number of carbonyl (C=O) groups is 1. The summed E-state index contributed by atoms with van der Waals surface area (Å²) in [6.07, 6.45) is -4.54. The van der Waals surface area contributed by atoms with Crippen LogP contribution in [-0.4, -0.2) is 22.8 Å². The van der Waals surface area contributed by atoms with Gasteiger partial charge < -0.3 is 10.6 Å². The van der Waals surface area contributed by atoms with Crippen molar-refractivity contribution >= 4 is 17.3 Å². The van der Waals surface area contributed by atoms with Crippen LogP contribution in [0.25, 0.3) is 0 Å². The van der Waals surface area contributed by atoms with Crippen LogP contribution in [0.4, 0.5) is 24.5 Å². The molecule has 0 atom stereocenters. The second kappa shape index (κ2) is 6.80. The van der Waals surface area contributed by atoms with Crippen molar-refractivity contribution in [1.29, 1.82) is 0 Å². The minimum atomic E-state index is -4.54. The number of halogens is 3. The molecule has 0 spiro atoms. The lowest BCUT2D eigenvalue weighted by molar-refractivity contribution is -0.383. The average molecular weight is 353 g/mol. The number of alkyl halides is 3. The van der Waals surface area contributed by atoms with Crippen molar-refractivity contribution in [2.24, 2.45) is 0 Å². The first kappa shape index (κ1) is 18.2. The van der Waals surface area contributed by atoms with Gasteiger partial charge in [0.15, 0.2) is 0 Å².